The molecule has 1 fully saturated rings. The summed E-state index contributed by atoms with van der Waals surface area (Å²) < 4.78 is 16.5. The second-order valence-corrected chi connectivity index (χ2v) is 6.76. The molecule has 6 heteroatoms. The van der Waals surface area contributed by atoms with Crippen molar-refractivity contribution in [3.05, 3.63) is 23.8 Å². The number of hydrogen-bond acceptors (Lipinski definition) is 5. The first-order valence-corrected chi connectivity index (χ1v) is 9.60. The molecule has 25 heavy (non-hydrogen) atoms. The maximum absolute atomic E-state index is 5.73. The largest absolute Gasteiger partial charge is 0.493 e. The third-order valence-electron chi connectivity index (χ3n) is 4.47. The highest BCUT2D eigenvalue weighted by atomic mass is 35.5. The first-order valence-electron chi connectivity index (χ1n) is 9.07. The van der Waals surface area contributed by atoms with Crippen LogP contribution < -0.4 is 9.47 Å². The normalized spacial score (nSPS) is 16.1. The molecule has 1 heterocycles. The van der Waals surface area contributed by atoms with Gasteiger partial charge in [-0.1, -0.05) is 6.07 Å². The highest BCUT2D eigenvalue weighted by Crippen LogP contribution is 2.28. The second kappa shape index (κ2) is 11.6. The Morgan fingerprint density at radius 2 is 1.84 bits per heavy atom. The Labute approximate surface area is 156 Å². The highest BCUT2D eigenvalue weighted by Gasteiger charge is 2.13. The van der Waals surface area contributed by atoms with E-state index in [9.17, 15) is 0 Å². The van der Waals surface area contributed by atoms with E-state index in [1.54, 1.807) is 7.11 Å². The lowest BCUT2D eigenvalue weighted by molar-refractivity contribution is 0.110. The third-order valence-corrected chi connectivity index (χ3v) is 4.62. The van der Waals surface area contributed by atoms with Gasteiger partial charge < -0.3 is 24.0 Å². The van der Waals surface area contributed by atoms with Gasteiger partial charge in [-0.2, -0.15) is 0 Å². The van der Waals surface area contributed by atoms with E-state index in [4.69, 9.17) is 25.8 Å². The van der Waals surface area contributed by atoms with Crippen molar-refractivity contribution >= 4 is 11.6 Å². The number of benzene rings is 1. The molecule has 1 aromatic rings. The molecule has 5 nitrogen and oxygen atoms in total. The number of alkyl halides is 1. The van der Waals surface area contributed by atoms with E-state index in [0.29, 0.717) is 25.7 Å². The molecule has 0 aliphatic carbocycles. The number of aryl methyl sites for hydroxylation is 1. The molecule has 0 radical (unpaired) electrons. The average molecular weight is 371 g/mol. The number of rotatable bonds is 11. The van der Waals surface area contributed by atoms with Crippen LogP contribution in [0.4, 0.5) is 0 Å². The molecule has 0 spiro atoms. The predicted octanol–water partition coefficient (Wildman–Crippen LogP) is 2.51. The summed E-state index contributed by atoms with van der Waals surface area (Å²) in [6, 6.07) is 6.20. The minimum Gasteiger partial charge on any atom is -0.493 e. The number of piperazine rings is 1. The standard InChI is InChI=1S/C19H31ClN2O3/c1-21-9-11-22(12-10-21)8-3-4-17-5-6-18(19(16-17)23-2)25-15-14-24-13-7-20/h5-6,16H,3-4,7-15H2,1-2H3. The summed E-state index contributed by atoms with van der Waals surface area (Å²) in [5, 5.41) is 0. The van der Waals surface area contributed by atoms with Gasteiger partial charge in [0.2, 0.25) is 0 Å². The van der Waals surface area contributed by atoms with Gasteiger partial charge >= 0.3 is 0 Å². The maximum atomic E-state index is 5.73. The molecule has 0 unspecified atom stereocenters. The zero-order chi connectivity index (χ0) is 17.9. The van der Waals surface area contributed by atoms with Crippen LogP contribution in [0.5, 0.6) is 11.5 Å². The summed E-state index contributed by atoms with van der Waals surface area (Å²) in [6.45, 7) is 7.44. The van der Waals surface area contributed by atoms with Gasteiger partial charge in [0.25, 0.3) is 0 Å². The molecule has 1 aliphatic heterocycles. The molecule has 0 N–H and O–H groups in total. The van der Waals surface area contributed by atoms with Crippen LogP contribution in [0.2, 0.25) is 0 Å². The predicted molar refractivity (Wildman–Crippen MR) is 102 cm³/mol. The van der Waals surface area contributed by atoms with Crippen molar-refractivity contribution in [2.75, 3.05) is 72.6 Å². The average Bonchev–Trinajstić information content (AvgIpc) is 2.64. The Morgan fingerprint density at radius 3 is 2.56 bits per heavy atom. The Bertz CT molecular complexity index is 494. The molecule has 1 aromatic carbocycles. The molecule has 1 aliphatic rings. The van der Waals surface area contributed by atoms with E-state index in [-0.39, 0.29) is 0 Å². The van der Waals surface area contributed by atoms with E-state index in [2.05, 4.69) is 29.0 Å². The van der Waals surface area contributed by atoms with Crippen LogP contribution in [0.1, 0.15) is 12.0 Å². The van der Waals surface area contributed by atoms with Crippen molar-refractivity contribution in [3.63, 3.8) is 0 Å². The van der Waals surface area contributed by atoms with Crippen LogP contribution in [0.25, 0.3) is 0 Å². The third kappa shape index (κ3) is 7.40. The SMILES string of the molecule is COc1cc(CCCN2CCN(C)CC2)ccc1OCCOCCCl. The van der Waals surface area contributed by atoms with Crippen LogP contribution in [0, 0.1) is 0 Å². The first-order chi connectivity index (χ1) is 12.2. The fourth-order valence-corrected chi connectivity index (χ4v) is 3.04. The number of ether oxygens (including phenoxy) is 3. The summed E-state index contributed by atoms with van der Waals surface area (Å²) in [4.78, 5) is 4.94. The molecule has 0 bridgehead atoms. The molecule has 0 aromatic heterocycles. The fourth-order valence-electron chi connectivity index (χ4n) is 2.93. The van der Waals surface area contributed by atoms with Crippen molar-refractivity contribution in [1.29, 1.82) is 0 Å². The molecule has 0 atom stereocenters. The van der Waals surface area contributed by atoms with Gasteiger partial charge in [-0.3, -0.25) is 0 Å². The van der Waals surface area contributed by atoms with Gasteiger partial charge in [-0.15, -0.1) is 11.6 Å². The van der Waals surface area contributed by atoms with Crippen LogP contribution in [-0.4, -0.2) is 82.4 Å². The van der Waals surface area contributed by atoms with Gasteiger partial charge in [0.15, 0.2) is 11.5 Å². The van der Waals surface area contributed by atoms with Crippen molar-refractivity contribution in [1.82, 2.24) is 9.80 Å². The van der Waals surface area contributed by atoms with Crippen molar-refractivity contribution in [3.8, 4) is 11.5 Å². The summed E-state index contributed by atoms with van der Waals surface area (Å²) in [5.74, 6) is 2.06. The van der Waals surface area contributed by atoms with E-state index in [1.807, 2.05) is 6.07 Å². The maximum Gasteiger partial charge on any atom is 0.161 e. The van der Waals surface area contributed by atoms with Gasteiger partial charge in [-0.05, 0) is 44.1 Å². The highest BCUT2D eigenvalue weighted by molar-refractivity contribution is 6.17. The summed E-state index contributed by atoms with van der Waals surface area (Å²) in [7, 11) is 3.87. The Hall–Kier alpha value is -1.01. The van der Waals surface area contributed by atoms with E-state index in [0.717, 1.165) is 24.5 Å². The lowest BCUT2D eigenvalue weighted by Gasteiger charge is -2.32. The minimum absolute atomic E-state index is 0.496. The van der Waals surface area contributed by atoms with Crippen molar-refractivity contribution < 1.29 is 14.2 Å². The number of halogens is 1. The monoisotopic (exact) mass is 370 g/mol. The second-order valence-electron chi connectivity index (χ2n) is 6.38. The van der Waals surface area contributed by atoms with E-state index >= 15 is 0 Å². The Morgan fingerprint density at radius 1 is 1.04 bits per heavy atom. The lowest BCUT2D eigenvalue weighted by Crippen LogP contribution is -2.44. The van der Waals surface area contributed by atoms with Crippen LogP contribution in [-0.2, 0) is 11.2 Å². The van der Waals surface area contributed by atoms with Crippen molar-refractivity contribution in [2.24, 2.45) is 0 Å². The number of hydrogen-bond donors (Lipinski definition) is 0. The minimum atomic E-state index is 0.496. The number of likely N-dealkylation sites (N-methyl/N-ethyl adjacent to an activating group) is 1. The lowest BCUT2D eigenvalue weighted by atomic mass is 10.1. The Balaban J connectivity index is 1.74. The quantitative estimate of drug-likeness (QED) is 0.441. The fraction of sp³-hybridized carbons (Fsp3) is 0.684. The smallest absolute Gasteiger partial charge is 0.161 e. The summed E-state index contributed by atoms with van der Waals surface area (Å²) in [5.41, 5.74) is 1.29. The summed E-state index contributed by atoms with van der Waals surface area (Å²) in [6.07, 6.45) is 2.22. The summed E-state index contributed by atoms with van der Waals surface area (Å²) >= 11 is 5.57. The topological polar surface area (TPSA) is 34.2 Å². The van der Waals surface area contributed by atoms with E-state index < -0.39 is 0 Å². The Kier molecular flexibility index (Phi) is 9.40. The zero-order valence-electron chi connectivity index (χ0n) is 15.5. The molecule has 142 valence electrons. The van der Waals surface area contributed by atoms with Crippen LogP contribution >= 0.6 is 11.6 Å². The van der Waals surface area contributed by atoms with Gasteiger partial charge in [0.1, 0.15) is 6.61 Å². The molecule has 1 saturated heterocycles. The van der Waals surface area contributed by atoms with Gasteiger partial charge in [0.05, 0.1) is 20.3 Å². The van der Waals surface area contributed by atoms with E-state index in [1.165, 1.54) is 38.2 Å². The first kappa shape index (κ1) is 20.3. The molecular formula is C19H31ClN2O3. The van der Waals surface area contributed by atoms with Crippen LogP contribution in [0.3, 0.4) is 0 Å². The molecule has 0 amide bonds. The molecular weight excluding hydrogens is 340 g/mol. The molecule has 2 rings (SSSR count). The number of methoxy groups -OCH3 is 1. The zero-order valence-corrected chi connectivity index (χ0v) is 16.3. The van der Waals surface area contributed by atoms with Gasteiger partial charge in [-0.25, -0.2) is 0 Å². The van der Waals surface area contributed by atoms with Crippen molar-refractivity contribution in [2.45, 2.75) is 12.8 Å². The van der Waals surface area contributed by atoms with Gasteiger partial charge in [0, 0.05) is 32.1 Å². The number of nitrogens with zero attached hydrogens (tertiary/aromatic N) is 2. The van der Waals surface area contributed by atoms with Crippen LogP contribution in [0.15, 0.2) is 18.2 Å². The molecule has 0 saturated carbocycles.